The molecule has 0 spiro atoms. The highest BCUT2D eigenvalue weighted by atomic mass is 35.5. The van der Waals surface area contributed by atoms with Gasteiger partial charge in [0.25, 0.3) is 0 Å². The van der Waals surface area contributed by atoms with Crippen LogP contribution in [-0.2, 0) is 12.7 Å². The number of rotatable bonds is 2. The van der Waals surface area contributed by atoms with Crippen LogP contribution in [0.3, 0.4) is 0 Å². The largest absolute Gasteiger partial charge is 0.436 e. The van der Waals surface area contributed by atoms with E-state index in [1.165, 1.54) is 6.07 Å². The average molecular weight is 287 g/mol. The minimum absolute atomic E-state index is 0.138. The van der Waals surface area contributed by atoms with E-state index in [1.54, 1.807) is 24.3 Å². The maximum absolute atomic E-state index is 12.8. The van der Waals surface area contributed by atoms with E-state index in [9.17, 15) is 13.2 Å². The topological polar surface area (TPSA) is 54.5 Å². The van der Waals surface area contributed by atoms with Crippen molar-refractivity contribution in [3.8, 4) is 6.07 Å². The van der Waals surface area contributed by atoms with Gasteiger partial charge in [0.15, 0.2) is 11.4 Å². The van der Waals surface area contributed by atoms with E-state index in [0.29, 0.717) is 15.3 Å². The van der Waals surface area contributed by atoms with E-state index in [1.807, 2.05) is 0 Å². The molecule has 0 fully saturated rings. The molecule has 0 saturated carbocycles. The molecule has 0 aliphatic carbocycles. The predicted octanol–water partition coefficient (Wildman–Crippen LogP) is 2.87. The third-order valence-electron chi connectivity index (χ3n) is 2.36. The number of hydrogen-bond donors (Lipinski definition) is 0. The molecule has 19 heavy (non-hydrogen) atoms. The number of hydrogen-bond acceptors (Lipinski definition) is 3. The summed E-state index contributed by atoms with van der Waals surface area (Å²) in [6.45, 7) is -0.138. The minimum atomic E-state index is -4.68. The Morgan fingerprint density at radius 1 is 1.26 bits per heavy atom. The summed E-state index contributed by atoms with van der Waals surface area (Å²) >= 11 is 5.69. The highest BCUT2D eigenvalue weighted by molar-refractivity contribution is 6.30. The van der Waals surface area contributed by atoms with Crippen molar-refractivity contribution in [2.75, 3.05) is 0 Å². The smallest absolute Gasteiger partial charge is 0.234 e. The highest BCUT2D eigenvalue weighted by Crippen LogP contribution is 2.31. The lowest BCUT2D eigenvalue weighted by molar-refractivity contribution is -0.144. The summed E-state index contributed by atoms with van der Waals surface area (Å²) in [4.78, 5) is 0. The monoisotopic (exact) mass is 286 g/mol. The highest BCUT2D eigenvalue weighted by Gasteiger charge is 2.39. The number of aromatic nitrogens is 3. The van der Waals surface area contributed by atoms with Gasteiger partial charge in [-0.25, -0.2) is 4.68 Å². The van der Waals surface area contributed by atoms with Gasteiger partial charge in [0, 0.05) is 5.02 Å². The van der Waals surface area contributed by atoms with Gasteiger partial charge >= 0.3 is 6.18 Å². The van der Waals surface area contributed by atoms with Gasteiger partial charge in [-0.05, 0) is 17.7 Å². The molecule has 0 radical (unpaired) electrons. The molecular formula is C11H6ClF3N4. The molecule has 0 unspecified atom stereocenters. The fraction of sp³-hybridized carbons (Fsp3) is 0.182. The van der Waals surface area contributed by atoms with E-state index in [2.05, 4.69) is 10.3 Å². The van der Waals surface area contributed by atoms with Gasteiger partial charge in [-0.1, -0.05) is 28.9 Å². The number of nitriles is 1. The minimum Gasteiger partial charge on any atom is -0.234 e. The summed E-state index contributed by atoms with van der Waals surface area (Å²) in [5.74, 6) is 0. The molecule has 2 rings (SSSR count). The Labute approximate surface area is 111 Å². The average Bonchev–Trinajstić information content (AvgIpc) is 2.75. The first-order valence-corrected chi connectivity index (χ1v) is 5.45. The van der Waals surface area contributed by atoms with Gasteiger partial charge in [0.2, 0.25) is 0 Å². The first-order chi connectivity index (χ1) is 8.91. The van der Waals surface area contributed by atoms with Crippen molar-refractivity contribution in [3.05, 3.63) is 46.2 Å². The van der Waals surface area contributed by atoms with Crippen molar-refractivity contribution in [2.45, 2.75) is 12.7 Å². The standard InChI is InChI=1S/C11H6ClF3N4/c12-8-3-1-7(2-4-8)6-19-10(11(13,14)15)9(5-16)17-18-19/h1-4H,6H2. The Bertz CT molecular complexity index is 625. The molecule has 0 amide bonds. The van der Waals surface area contributed by atoms with Crippen LogP contribution in [0.2, 0.25) is 5.02 Å². The maximum Gasteiger partial charge on any atom is 0.436 e. The van der Waals surface area contributed by atoms with Crippen molar-refractivity contribution in [1.82, 2.24) is 15.0 Å². The van der Waals surface area contributed by atoms with E-state index < -0.39 is 17.6 Å². The third-order valence-corrected chi connectivity index (χ3v) is 2.61. The Morgan fingerprint density at radius 2 is 1.89 bits per heavy atom. The molecule has 0 atom stereocenters. The van der Waals surface area contributed by atoms with Crippen LogP contribution in [0.4, 0.5) is 13.2 Å². The number of halogens is 4. The fourth-order valence-electron chi connectivity index (χ4n) is 1.54. The molecule has 0 aliphatic rings. The zero-order valence-electron chi connectivity index (χ0n) is 9.32. The molecule has 4 nitrogen and oxygen atoms in total. The molecular weight excluding hydrogens is 281 g/mol. The maximum atomic E-state index is 12.8. The second kappa shape index (κ2) is 4.90. The van der Waals surface area contributed by atoms with E-state index >= 15 is 0 Å². The van der Waals surface area contributed by atoms with Crippen molar-refractivity contribution < 1.29 is 13.2 Å². The summed E-state index contributed by atoms with van der Waals surface area (Å²) in [7, 11) is 0. The SMILES string of the molecule is N#Cc1nnn(Cc2ccc(Cl)cc2)c1C(F)(F)F. The van der Waals surface area contributed by atoms with Gasteiger partial charge < -0.3 is 0 Å². The Balaban J connectivity index is 2.39. The van der Waals surface area contributed by atoms with Crippen LogP contribution in [0.15, 0.2) is 24.3 Å². The van der Waals surface area contributed by atoms with Crippen LogP contribution in [-0.4, -0.2) is 15.0 Å². The normalized spacial score (nSPS) is 11.3. The molecule has 0 saturated heterocycles. The molecule has 2 aromatic rings. The lowest BCUT2D eigenvalue weighted by Crippen LogP contribution is -2.16. The number of nitrogens with zero attached hydrogens (tertiary/aromatic N) is 4. The van der Waals surface area contributed by atoms with Gasteiger partial charge in [-0.2, -0.15) is 18.4 Å². The van der Waals surface area contributed by atoms with Crippen LogP contribution in [0.5, 0.6) is 0 Å². The predicted molar refractivity (Wildman–Crippen MR) is 60.3 cm³/mol. The van der Waals surface area contributed by atoms with Crippen molar-refractivity contribution in [3.63, 3.8) is 0 Å². The quantitative estimate of drug-likeness (QED) is 0.853. The molecule has 0 bridgehead atoms. The summed E-state index contributed by atoms with van der Waals surface area (Å²) in [6, 6.07) is 7.66. The molecule has 1 aromatic heterocycles. The van der Waals surface area contributed by atoms with E-state index in [4.69, 9.17) is 16.9 Å². The zero-order valence-corrected chi connectivity index (χ0v) is 10.1. The van der Waals surface area contributed by atoms with E-state index in [-0.39, 0.29) is 6.54 Å². The second-order valence-corrected chi connectivity index (χ2v) is 4.12. The lowest BCUT2D eigenvalue weighted by Gasteiger charge is -2.09. The number of alkyl halides is 3. The van der Waals surface area contributed by atoms with Crippen molar-refractivity contribution in [2.24, 2.45) is 0 Å². The first-order valence-electron chi connectivity index (χ1n) is 5.07. The summed E-state index contributed by atoms with van der Waals surface area (Å²) in [5.41, 5.74) is -1.31. The van der Waals surface area contributed by atoms with Gasteiger partial charge in [-0.15, -0.1) is 5.10 Å². The summed E-state index contributed by atoms with van der Waals surface area (Å²) in [6.07, 6.45) is -4.68. The molecule has 8 heteroatoms. The van der Waals surface area contributed by atoms with Crippen LogP contribution in [0.1, 0.15) is 17.0 Å². The summed E-state index contributed by atoms with van der Waals surface area (Å²) < 4.78 is 39.1. The van der Waals surface area contributed by atoms with Crippen LogP contribution in [0.25, 0.3) is 0 Å². The molecule has 1 aromatic carbocycles. The zero-order chi connectivity index (χ0) is 14.0. The Kier molecular flexibility index (Phi) is 3.44. The van der Waals surface area contributed by atoms with Gasteiger partial charge in [0.05, 0.1) is 6.54 Å². The molecule has 0 N–H and O–H groups in total. The van der Waals surface area contributed by atoms with Crippen molar-refractivity contribution >= 4 is 11.6 Å². The van der Waals surface area contributed by atoms with Crippen LogP contribution in [0, 0.1) is 11.3 Å². The van der Waals surface area contributed by atoms with Gasteiger partial charge in [0.1, 0.15) is 6.07 Å². The van der Waals surface area contributed by atoms with Gasteiger partial charge in [-0.3, -0.25) is 0 Å². The van der Waals surface area contributed by atoms with Crippen LogP contribution < -0.4 is 0 Å². The van der Waals surface area contributed by atoms with E-state index in [0.717, 1.165) is 0 Å². The molecule has 0 aliphatic heterocycles. The van der Waals surface area contributed by atoms with Crippen LogP contribution >= 0.6 is 11.6 Å². The Hall–Kier alpha value is -2.07. The lowest BCUT2D eigenvalue weighted by atomic mass is 10.2. The second-order valence-electron chi connectivity index (χ2n) is 3.68. The number of benzene rings is 1. The summed E-state index contributed by atoms with van der Waals surface area (Å²) in [5, 5.41) is 15.7. The van der Waals surface area contributed by atoms with Crippen molar-refractivity contribution in [1.29, 1.82) is 5.26 Å². The molecule has 1 heterocycles. The fourth-order valence-corrected chi connectivity index (χ4v) is 1.67. The third kappa shape index (κ3) is 2.85. The Morgan fingerprint density at radius 3 is 2.42 bits per heavy atom. The molecule has 98 valence electrons. The first kappa shape index (κ1) is 13.4.